The molecular formula is C52H101NO3. The van der Waals surface area contributed by atoms with Crippen LogP contribution in [0.15, 0.2) is 24.3 Å². The predicted octanol–water partition coefficient (Wildman–Crippen LogP) is 16.4. The Labute approximate surface area is 351 Å². The van der Waals surface area contributed by atoms with E-state index in [-0.39, 0.29) is 12.5 Å². The maximum absolute atomic E-state index is 12.4. The molecule has 1 amide bonds. The number of aliphatic hydroxyl groups is 2. The van der Waals surface area contributed by atoms with Crippen LogP contribution in [0.4, 0.5) is 0 Å². The van der Waals surface area contributed by atoms with Crippen molar-refractivity contribution in [1.29, 1.82) is 0 Å². The zero-order valence-electron chi connectivity index (χ0n) is 38.2. The zero-order valence-corrected chi connectivity index (χ0v) is 38.2. The van der Waals surface area contributed by atoms with Crippen molar-refractivity contribution in [1.82, 2.24) is 5.32 Å². The van der Waals surface area contributed by atoms with Gasteiger partial charge in [-0.25, -0.2) is 0 Å². The number of nitrogens with one attached hydrogen (secondary N) is 1. The fraction of sp³-hybridized carbons (Fsp3) is 0.904. The Morgan fingerprint density at radius 3 is 1.07 bits per heavy atom. The van der Waals surface area contributed by atoms with Crippen molar-refractivity contribution in [2.24, 2.45) is 0 Å². The molecule has 0 aromatic carbocycles. The van der Waals surface area contributed by atoms with Crippen molar-refractivity contribution in [2.45, 2.75) is 296 Å². The fourth-order valence-electron chi connectivity index (χ4n) is 8.04. The first-order chi connectivity index (χ1) is 27.7. The minimum Gasteiger partial charge on any atom is -0.394 e. The lowest BCUT2D eigenvalue weighted by Gasteiger charge is -2.22. The van der Waals surface area contributed by atoms with Crippen LogP contribution in [-0.2, 0) is 4.79 Å². The second-order valence-electron chi connectivity index (χ2n) is 17.6. The van der Waals surface area contributed by atoms with Gasteiger partial charge in [-0.3, -0.25) is 4.79 Å². The summed E-state index contributed by atoms with van der Waals surface area (Å²) in [6, 6.07) is -0.531. The predicted molar refractivity (Wildman–Crippen MR) is 249 cm³/mol. The summed E-state index contributed by atoms with van der Waals surface area (Å²) in [6.45, 7) is 4.35. The maximum Gasteiger partial charge on any atom is 0.220 e. The molecule has 0 fully saturated rings. The van der Waals surface area contributed by atoms with Crippen molar-refractivity contribution in [2.75, 3.05) is 6.61 Å². The second kappa shape index (κ2) is 48.2. The molecule has 3 N–H and O–H groups in total. The summed E-state index contributed by atoms with van der Waals surface area (Å²) in [5, 5.41) is 23.1. The molecule has 0 spiro atoms. The molecule has 4 heteroatoms. The van der Waals surface area contributed by atoms with Crippen LogP contribution in [0.1, 0.15) is 284 Å². The lowest BCUT2D eigenvalue weighted by molar-refractivity contribution is -0.123. The van der Waals surface area contributed by atoms with Gasteiger partial charge in [0.2, 0.25) is 5.91 Å². The Kier molecular flexibility index (Phi) is 47.3. The average molecular weight is 788 g/mol. The summed E-state index contributed by atoms with van der Waals surface area (Å²) in [7, 11) is 0. The van der Waals surface area contributed by atoms with E-state index in [1.165, 1.54) is 225 Å². The number of allylic oxidation sites excluding steroid dienone is 4. The molecule has 0 aromatic rings. The van der Waals surface area contributed by atoms with Gasteiger partial charge in [0, 0.05) is 6.42 Å². The highest BCUT2D eigenvalue weighted by Crippen LogP contribution is 2.17. The zero-order chi connectivity index (χ0) is 40.7. The molecule has 0 aliphatic heterocycles. The molecule has 2 unspecified atom stereocenters. The number of carbonyl (C=O) groups excluding carboxylic acids is 1. The van der Waals surface area contributed by atoms with E-state index in [4.69, 9.17) is 0 Å². The highest BCUT2D eigenvalue weighted by atomic mass is 16.3. The SMILES string of the molecule is CCCCCCCCCCCCC/C=C\C/C=C\CCCCCCCCCCCCCCCCCCCC(=O)NC(CO)C(O)CCCCCCCCCCC. The topological polar surface area (TPSA) is 69.6 Å². The lowest BCUT2D eigenvalue weighted by Crippen LogP contribution is -2.45. The van der Waals surface area contributed by atoms with E-state index in [2.05, 4.69) is 43.5 Å². The normalized spacial score (nSPS) is 13.0. The Bertz CT molecular complexity index is 810. The first kappa shape index (κ1) is 54.9. The molecule has 0 aliphatic rings. The van der Waals surface area contributed by atoms with Gasteiger partial charge < -0.3 is 15.5 Å². The van der Waals surface area contributed by atoms with Crippen LogP contribution < -0.4 is 5.32 Å². The second-order valence-corrected chi connectivity index (χ2v) is 17.6. The van der Waals surface area contributed by atoms with E-state index < -0.39 is 12.1 Å². The lowest BCUT2D eigenvalue weighted by atomic mass is 10.0. The minimum absolute atomic E-state index is 0.0305. The molecule has 332 valence electrons. The molecule has 0 rings (SSSR count). The largest absolute Gasteiger partial charge is 0.394 e. The Morgan fingerprint density at radius 2 is 0.732 bits per heavy atom. The summed E-state index contributed by atoms with van der Waals surface area (Å²) in [4.78, 5) is 12.4. The van der Waals surface area contributed by atoms with E-state index in [0.717, 1.165) is 32.1 Å². The van der Waals surface area contributed by atoms with Crippen LogP contribution in [0.25, 0.3) is 0 Å². The molecule has 0 aliphatic carbocycles. The number of hydrogen-bond donors (Lipinski definition) is 3. The minimum atomic E-state index is -0.654. The van der Waals surface area contributed by atoms with Crippen LogP contribution >= 0.6 is 0 Å². The van der Waals surface area contributed by atoms with E-state index in [1.54, 1.807) is 0 Å². The molecule has 56 heavy (non-hydrogen) atoms. The van der Waals surface area contributed by atoms with E-state index in [1.807, 2.05) is 0 Å². The Balaban J connectivity index is 3.37. The van der Waals surface area contributed by atoms with E-state index in [0.29, 0.717) is 12.8 Å². The summed E-state index contributed by atoms with van der Waals surface area (Å²) in [6.07, 6.45) is 63.1. The van der Waals surface area contributed by atoms with Gasteiger partial charge in [0.05, 0.1) is 18.8 Å². The third-order valence-electron chi connectivity index (χ3n) is 12.0. The van der Waals surface area contributed by atoms with Gasteiger partial charge in [0.25, 0.3) is 0 Å². The molecule has 2 atom stereocenters. The first-order valence-electron chi connectivity index (χ1n) is 25.5. The molecular weight excluding hydrogens is 687 g/mol. The highest BCUT2D eigenvalue weighted by Gasteiger charge is 2.20. The van der Waals surface area contributed by atoms with Crippen LogP contribution in [-0.4, -0.2) is 34.9 Å². The third-order valence-corrected chi connectivity index (χ3v) is 12.0. The van der Waals surface area contributed by atoms with Crippen molar-refractivity contribution < 1.29 is 15.0 Å². The van der Waals surface area contributed by atoms with Gasteiger partial charge >= 0.3 is 0 Å². The first-order valence-corrected chi connectivity index (χ1v) is 25.5. The highest BCUT2D eigenvalue weighted by molar-refractivity contribution is 5.76. The van der Waals surface area contributed by atoms with Gasteiger partial charge in [0.15, 0.2) is 0 Å². The number of amides is 1. The molecule has 4 nitrogen and oxygen atoms in total. The third kappa shape index (κ3) is 44.0. The van der Waals surface area contributed by atoms with Gasteiger partial charge in [-0.2, -0.15) is 0 Å². The molecule has 0 heterocycles. The summed E-state index contributed by atoms with van der Waals surface area (Å²) in [5.41, 5.74) is 0. The maximum atomic E-state index is 12.4. The molecule has 0 radical (unpaired) electrons. The number of unbranched alkanes of at least 4 members (excludes halogenated alkanes) is 36. The van der Waals surface area contributed by atoms with Crippen molar-refractivity contribution in [3.63, 3.8) is 0 Å². The molecule has 0 saturated carbocycles. The van der Waals surface area contributed by atoms with Gasteiger partial charge in [-0.15, -0.1) is 0 Å². The molecule has 0 bridgehead atoms. The van der Waals surface area contributed by atoms with Crippen molar-refractivity contribution >= 4 is 5.91 Å². The van der Waals surface area contributed by atoms with Gasteiger partial charge in [0.1, 0.15) is 0 Å². The Hall–Kier alpha value is -1.13. The number of aliphatic hydroxyl groups excluding tert-OH is 2. The van der Waals surface area contributed by atoms with Crippen molar-refractivity contribution in [3.05, 3.63) is 24.3 Å². The number of carbonyl (C=O) groups is 1. The van der Waals surface area contributed by atoms with Crippen LogP contribution in [0.3, 0.4) is 0 Å². The van der Waals surface area contributed by atoms with Crippen LogP contribution in [0.5, 0.6) is 0 Å². The fourth-order valence-corrected chi connectivity index (χ4v) is 8.04. The number of rotatable bonds is 47. The standard InChI is InChI=1S/C52H101NO3/c1-3-5-7-9-11-13-14-15-16-17-18-19-20-21-22-23-24-25-26-27-28-29-30-31-32-33-34-35-36-37-38-40-42-44-46-48-52(56)53-50(49-54)51(55)47-45-43-41-39-12-10-8-6-4-2/h20-21,23-24,50-51,54-55H,3-19,22,25-49H2,1-2H3,(H,53,56)/b21-20-,24-23-. The quantitative estimate of drug-likeness (QED) is 0.0425. The molecule has 0 saturated heterocycles. The monoisotopic (exact) mass is 788 g/mol. The summed E-state index contributed by atoms with van der Waals surface area (Å²) in [5.74, 6) is -0.0305. The molecule has 0 aromatic heterocycles. The number of hydrogen-bond acceptors (Lipinski definition) is 3. The van der Waals surface area contributed by atoms with E-state index in [9.17, 15) is 15.0 Å². The Morgan fingerprint density at radius 1 is 0.429 bits per heavy atom. The van der Waals surface area contributed by atoms with Crippen LogP contribution in [0.2, 0.25) is 0 Å². The summed E-state index contributed by atoms with van der Waals surface area (Å²) < 4.78 is 0. The van der Waals surface area contributed by atoms with E-state index >= 15 is 0 Å². The van der Waals surface area contributed by atoms with Crippen LogP contribution in [0, 0.1) is 0 Å². The van der Waals surface area contributed by atoms with Gasteiger partial charge in [-0.1, -0.05) is 256 Å². The smallest absolute Gasteiger partial charge is 0.220 e. The average Bonchev–Trinajstić information content (AvgIpc) is 3.20. The van der Waals surface area contributed by atoms with Gasteiger partial charge in [-0.05, 0) is 44.9 Å². The summed E-state index contributed by atoms with van der Waals surface area (Å²) >= 11 is 0. The van der Waals surface area contributed by atoms with Crippen molar-refractivity contribution in [3.8, 4) is 0 Å².